The molecule has 4 heteroatoms. The number of nitrogens with zero attached hydrogens (tertiary/aromatic N) is 2. The second-order valence-corrected chi connectivity index (χ2v) is 4.31. The highest BCUT2D eigenvalue weighted by Crippen LogP contribution is 2.25. The Kier molecular flexibility index (Phi) is 3.88. The van der Waals surface area contributed by atoms with Gasteiger partial charge in [-0.3, -0.25) is 9.88 Å². The highest BCUT2D eigenvalue weighted by molar-refractivity contribution is 5.19. The van der Waals surface area contributed by atoms with Crippen molar-refractivity contribution in [2.24, 2.45) is 5.73 Å². The average molecular weight is 221 g/mol. The Morgan fingerprint density at radius 1 is 1.56 bits per heavy atom. The van der Waals surface area contributed by atoms with Gasteiger partial charge in [-0.2, -0.15) is 0 Å². The smallest absolute Gasteiger partial charge is 0.0589 e. The van der Waals surface area contributed by atoms with E-state index in [-0.39, 0.29) is 6.04 Å². The summed E-state index contributed by atoms with van der Waals surface area (Å²) in [4.78, 5) is 6.51. The second kappa shape index (κ2) is 5.39. The first-order chi connectivity index (χ1) is 7.81. The van der Waals surface area contributed by atoms with Crippen LogP contribution in [0.15, 0.2) is 24.5 Å². The maximum absolute atomic E-state index is 6.16. The van der Waals surface area contributed by atoms with Crippen LogP contribution in [0, 0.1) is 0 Å². The fraction of sp³-hybridized carbons (Fsp3) is 0.583. The molecule has 0 bridgehead atoms. The standard InChI is InChI=1S/C12H19N3O/c1-16-6-5-15-8-11(12(13)9-15)10-3-2-4-14-7-10/h2-4,7,11-12H,5-6,8-9,13H2,1H3/t11-,12+/m0/s1. The molecule has 2 heterocycles. The van der Waals surface area contributed by atoms with Crippen molar-refractivity contribution in [1.82, 2.24) is 9.88 Å². The third-order valence-electron chi connectivity index (χ3n) is 3.16. The molecule has 1 aliphatic rings. The zero-order valence-electron chi connectivity index (χ0n) is 9.67. The van der Waals surface area contributed by atoms with Crippen molar-refractivity contribution in [3.05, 3.63) is 30.1 Å². The SMILES string of the molecule is COCCN1C[C@@H](N)[C@H](c2cccnc2)C1. The van der Waals surface area contributed by atoms with Crippen LogP contribution < -0.4 is 5.73 Å². The Hall–Kier alpha value is -0.970. The number of ether oxygens (including phenoxy) is 1. The van der Waals surface area contributed by atoms with E-state index in [9.17, 15) is 0 Å². The molecule has 2 rings (SSSR count). The normalized spacial score (nSPS) is 26.1. The van der Waals surface area contributed by atoms with Gasteiger partial charge in [0.1, 0.15) is 0 Å². The van der Waals surface area contributed by atoms with Crippen LogP contribution in [0.25, 0.3) is 0 Å². The van der Waals surface area contributed by atoms with Crippen LogP contribution in [-0.4, -0.2) is 49.3 Å². The number of methoxy groups -OCH3 is 1. The van der Waals surface area contributed by atoms with Crippen molar-refractivity contribution in [2.45, 2.75) is 12.0 Å². The molecule has 1 aliphatic heterocycles. The summed E-state index contributed by atoms with van der Waals surface area (Å²) in [5.41, 5.74) is 7.41. The molecular weight excluding hydrogens is 202 g/mol. The minimum Gasteiger partial charge on any atom is -0.383 e. The van der Waals surface area contributed by atoms with E-state index in [0.29, 0.717) is 5.92 Å². The van der Waals surface area contributed by atoms with Crippen LogP contribution in [-0.2, 0) is 4.74 Å². The molecule has 1 fully saturated rings. The van der Waals surface area contributed by atoms with Gasteiger partial charge in [-0.05, 0) is 11.6 Å². The number of rotatable bonds is 4. The van der Waals surface area contributed by atoms with Gasteiger partial charge in [0.2, 0.25) is 0 Å². The van der Waals surface area contributed by atoms with Crippen LogP contribution in [0.5, 0.6) is 0 Å². The Bertz CT molecular complexity index is 317. The molecule has 0 radical (unpaired) electrons. The topological polar surface area (TPSA) is 51.4 Å². The molecule has 2 N–H and O–H groups in total. The van der Waals surface area contributed by atoms with Gasteiger partial charge in [-0.25, -0.2) is 0 Å². The largest absolute Gasteiger partial charge is 0.383 e. The zero-order chi connectivity index (χ0) is 11.4. The highest BCUT2D eigenvalue weighted by atomic mass is 16.5. The Morgan fingerprint density at radius 3 is 3.12 bits per heavy atom. The fourth-order valence-electron chi connectivity index (χ4n) is 2.26. The number of aromatic nitrogens is 1. The summed E-state index contributed by atoms with van der Waals surface area (Å²) in [6.45, 7) is 3.69. The predicted octanol–water partition coefficient (Wildman–Crippen LogP) is 0.455. The first-order valence-corrected chi connectivity index (χ1v) is 5.68. The zero-order valence-corrected chi connectivity index (χ0v) is 9.67. The monoisotopic (exact) mass is 221 g/mol. The molecule has 88 valence electrons. The molecule has 1 aromatic heterocycles. The van der Waals surface area contributed by atoms with Crippen LogP contribution in [0.2, 0.25) is 0 Å². The van der Waals surface area contributed by atoms with Gasteiger partial charge >= 0.3 is 0 Å². The average Bonchev–Trinajstić information content (AvgIpc) is 2.69. The van der Waals surface area contributed by atoms with E-state index in [2.05, 4.69) is 16.0 Å². The van der Waals surface area contributed by atoms with Crippen molar-refractivity contribution in [2.75, 3.05) is 33.4 Å². The number of likely N-dealkylation sites (tertiary alicyclic amines) is 1. The van der Waals surface area contributed by atoms with Gasteiger partial charge in [-0.15, -0.1) is 0 Å². The first-order valence-electron chi connectivity index (χ1n) is 5.68. The fourth-order valence-corrected chi connectivity index (χ4v) is 2.26. The molecule has 0 amide bonds. The third-order valence-corrected chi connectivity index (χ3v) is 3.16. The second-order valence-electron chi connectivity index (χ2n) is 4.31. The molecule has 1 saturated heterocycles. The van der Waals surface area contributed by atoms with Crippen molar-refractivity contribution < 1.29 is 4.74 Å². The summed E-state index contributed by atoms with van der Waals surface area (Å²) in [5.74, 6) is 0.408. The third kappa shape index (κ3) is 2.58. The summed E-state index contributed by atoms with van der Waals surface area (Å²) in [5, 5.41) is 0. The van der Waals surface area contributed by atoms with Crippen LogP contribution in [0.3, 0.4) is 0 Å². The van der Waals surface area contributed by atoms with Gasteiger partial charge in [0, 0.05) is 51.1 Å². The number of hydrogen-bond acceptors (Lipinski definition) is 4. The summed E-state index contributed by atoms with van der Waals surface area (Å²) < 4.78 is 5.09. The van der Waals surface area contributed by atoms with Gasteiger partial charge in [0.15, 0.2) is 0 Å². The van der Waals surface area contributed by atoms with Gasteiger partial charge < -0.3 is 10.5 Å². The lowest BCUT2D eigenvalue weighted by atomic mass is 9.97. The van der Waals surface area contributed by atoms with E-state index in [0.717, 1.165) is 26.2 Å². The molecule has 0 aromatic carbocycles. The molecule has 1 aromatic rings. The Balaban J connectivity index is 1.97. The molecule has 0 unspecified atom stereocenters. The number of hydrogen-bond donors (Lipinski definition) is 1. The van der Waals surface area contributed by atoms with Crippen molar-refractivity contribution in [3.8, 4) is 0 Å². The van der Waals surface area contributed by atoms with E-state index in [4.69, 9.17) is 10.5 Å². The molecule has 0 saturated carbocycles. The lowest BCUT2D eigenvalue weighted by Crippen LogP contribution is -2.30. The number of pyridine rings is 1. The van der Waals surface area contributed by atoms with E-state index in [1.165, 1.54) is 5.56 Å². The van der Waals surface area contributed by atoms with Crippen molar-refractivity contribution >= 4 is 0 Å². The summed E-state index contributed by atoms with van der Waals surface area (Å²) in [6.07, 6.45) is 3.72. The predicted molar refractivity (Wildman–Crippen MR) is 63.3 cm³/mol. The highest BCUT2D eigenvalue weighted by Gasteiger charge is 2.30. The van der Waals surface area contributed by atoms with Gasteiger partial charge in [-0.1, -0.05) is 6.07 Å². The van der Waals surface area contributed by atoms with Crippen LogP contribution >= 0.6 is 0 Å². The van der Waals surface area contributed by atoms with E-state index < -0.39 is 0 Å². The van der Waals surface area contributed by atoms with Crippen LogP contribution in [0.4, 0.5) is 0 Å². The minimum absolute atomic E-state index is 0.209. The Labute approximate surface area is 96.4 Å². The molecular formula is C12H19N3O. The summed E-state index contributed by atoms with van der Waals surface area (Å²) in [7, 11) is 1.73. The quantitative estimate of drug-likeness (QED) is 0.802. The summed E-state index contributed by atoms with van der Waals surface area (Å²) in [6, 6.07) is 4.29. The maximum atomic E-state index is 6.16. The lowest BCUT2D eigenvalue weighted by Gasteiger charge is -2.15. The lowest BCUT2D eigenvalue weighted by molar-refractivity contribution is 0.160. The minimum atomic E-state index is 0.209. The van der Waals surface area contributed by atoms with Crippen LogP contribution in [0.1, 0.15) is 11.5 Å². The molecule has 4 nitrogen and oxygen atoms in total. The first kappa shape index (κ1) is 11.5. The van der Waals surface area contributed by atoms with Gasteiger partial charge in [0.25, 0.3) is 0 Å². The maximum Gasteiger partial charge on any atom is 0.0589 e. The van der Waals surface area contributed by atoms with E-state index >= 15 is 0 Å². The van der Waals surface area contributed by atoms with E-state index in [1.807, 2.05) is 12.3 Å². The molecule has 2 atom stereocenters. The molecule has 0 spiro atoms. The van der Waals surface area contributed by atoms with Crippen molar-refractivity contribution in [3.63, 3.8) is 0 Å². The van der Waals surface area contributed by atoms with Gasteiger partial charge in [0.05, 0.1) is 6.61 Å². The van der Waals surface area contributed by atoms with Crippen molar-refractivity contribution in [1.29, 1.82) is 0 Å². The van der Waals surface area contributed by atoms with E-state index in [1.54, 1.807) is 13.3 Å². The molecule has 16 heavy (non-hydrogen) atoms. The summed E-state index contributed by atoms with van der Waals surface area (Å²) >= 11 is 0. The molecule has 0 aliphatic carbocycles. The Morgan fingerprint density at radius 2 is 2.44 bits per heavy atom. The number of nitrogens with two attached hydrogens (primary N) is 1.